The van der Waals surface area contributed by atoms with E-state index in [0.29, 0.717) is 35.4 Å². The molecule has 0 spiro atoms. The van der Waals surface area contributed by atoms with Crippen LogP contribution >= 0.6 is 11.3 Å². The van der Waals surface area contributed by atoms with Crippen molar-refractivity contribution in [1.82, 2.24) is 9.97 Å². The van der Waals surface area contributed by atoms with Crippen molar-refractivity contribution in [2.45, 2.75) is 25.9 Å². The van der Waals surface area contributed by atoms with Gasteiger partial charge in [-0.2, -0.15) is 4.98 Å². The Bertz CT molecular complexity index is 1210. The van der Waals surface area contributed by atoms with Crippen molar-refractivity contribution in [3.8, 4) is 5.75 Å². The van der Waals surface area contributed by atoms with Gasteiger partial charge in [0.2, 0.25) is 5.95 Å². The fourth-order valence-electron chi connectivity index (χ4n) is 4.35. The first-order valence-electron chi connectivity index (χ1n) is 11.4. The minimum atomic E-state index is -0.216. The Morgan fingerprint density at radius 3 is 2.76 bits per heavy atom. The maximum absolute atomic E-state index is 12.9. The third-order valence-electron chi connectivity index (χ3n) is 6.25. The van der Waals surface area contributed by atoms with Gasteiger partial charge in [0.05, 0.1) is 30.2 Å². The standard InChI is InChI=1S/C24H28N6O3S/c1-4-33-20-13-15(30-10-7-16(31)8-11-30)5-6-18(20)26-24-25-14-19-21(27-24)29(3)23-17(9-12-34-23)22(32)28(19)2/h5-6,9,12-14,16,31H,4,7-8,10-11H2,1-3H3,(H,25,26,27). The summed E-state index contributed by atoms with van der Waals surface area (Å²) in [5, 5.41) is 15.9. The number of hydrogen-bond donors (Lipinski definition) is 2. The molecule has 9 nitrogen and oxygen atoms in total. The van der Waals surface area contributed by atoms with Crippen LogP contribution in [0.15, 0.2) is 35.8 Å². The molecule has 2 aromatic heterocycles. The summed E-state index contributed by atoms with van der Waals surface area (Å²) in [7, 11) is 3.65. The van der Waals surface area contributed by atoms with Crippen molar-refractivity contribution in [2.75, 3.05) is 53.8 Å². The first kappa shape index (κ1) is 22.4. The number of amides is 1. The van der Waals surface area contributed by atoms with Crippen LogP contribution in [-0.2, 0) is 0 Å². The Balaban J connectivity index is 1.45. The van der Waals surface area contributed by atoms with Gasteiger partial charge in [-0.25, -0.2) is 4.98 Å². The lowest BCUT2D eigenvalue weighted by atomic mass is 10.1. The average molecular weight is 481 g/mol. The number of carbonyl (C=O) groups is 1. The van der Waals surface area contributed by atoms with Crippen molar-refractivity contribution in [1.29, 1.82) is 0 Å². The number of anilines is 6. The van der Waals surface area contributed by atoms with Gasteiger partial charge in [-0.05, 0) is 43.3 Å². The molecule has 1 aromatic carbocycles. The first-order valence-corrected chi connectivity index (χ1v) is 12.3. The SMILES string of the molecule is CCOc1cc(N2CCC(O)CC2)ccc1Nc1ncc2c(n1)N(C)c1sccc1C(=O)N2C. The maximum Gasteiger partial charge on any atom is 0.261 e. The number of aliphatic hydroxyl groups is 1. The van der Waals surface area contributed by atoms with E-state index in [4.69, 9.17) is 9.72 Å². The van der Waals surface area contributed by atoms with E-state index in [1.165, 1.54) is 11.3 Å². The molecule has 34 heavy (non-hydrogen) atoms. The highest BCUT2D eigenvalue weighted by atomic mass is 32.1. The normalized spacial score (nSPS) is 16.2. The number of fused-ring (bicyclic) bond motifs is 2. The van der Waals surface area contributed by atoms with E-state index < -0.39 is 0 Å². The van der Waals surface area contributed by atoms with Crippen LogP contribution in [0.1, 0.15) is 30.1 Å². The topological polar surface area (TPSA) is 94.1 Å². The van der Waals surface area contributed by atoms with E-state index in [0.717, 1.165) is 42.3 Å². The van der Waals surface area contributed by atoms with Gasteiger partial charge >= 0.3 is 0 Å². The molecule has 0 saturated carbocycles. The minimum absolute atomic E-state index is 0.0781. The molecule has 0 aliphatic carbocycles. The molecule has 2 N–H and O–H groups in total. The Hall–Kier alpha value is -3.37. The lowest BCUT2D eigenvalue weighted by molar-refractivity contribution is 0.0994. The zero-order valence-corrected chi connectivity index (χ0v) is 20.3. The molecule has 178 valence electrons. The summed E-state index contributed by atoms with van der Waals surface area (Å²) in [4.78, 5) is 27.9. The van der Waals surface area contributed by atoms with Gasteiger partial charge in [0.1, 0.15) is 16.4 Å². The third kappa shape index (κ3) is 4.03. The highest BCUT2D eigenvalue weighted by Gasteiger charge is 2.30. The van der Waals surface area contributed by atoms with Crippen LogP contribution in [0.5, 0.6) is 5.75 Å². The van der Waals surface area contributed by atoms with Crippen molar-refractivity contribution >= 4 is 51.1 Å². The van der Waals surface area contributed by atoms with E-state index in [1.54, 1.807) is 18.1 Å². The van der Waals surface area contributed by atoms with Gasteiger partial charge in [-0.15, -0.1) is 11.3 Å². The van der Waals surface area contributed by atoms with Crippen LogP contribution in [0, 0.1) is 0 Å². The molecule has 0 unspecified atom stereocenters. The zero-order chi connectivity index (χ0) is 23.8. The summed E-state index contributed by atoms with van der Waals surface area (Å²) in [5.74, 6) is 1.70. The molecular weight excluding hydrogens is 452 g/mol. The first-order chi connectivity index (χ1) is 16.5. The van der Waals surface area contributed by atoms with Gasteiger partial charge in [-0.1, -0.05) is 0 Å². The number of aromatic nitrogens is 2. The van der Waals surface area contributed by atoms with Gasteiger partial charge in [0.15, 0.2) is 5.82 Å². The predicted octanol–water partition coefficient (Wildman–Crippen LogP) is 4.00. The van der Waals surface area contributed by atoms with Crippen LogP contribution < -0.4 is 24.8 Å². The molecule has 3 aromatic rings. The molecular formula is C24H28N6O3S. The lowest BCUT2D eigenvalue weighted by Gasteiger charge is -2.32. The van der Waals surface area contributed by atoms with Crippen LogP contribution in [-0.4, -0.2) is 60.9 Å². The van der Waals surface area contributed by atoms with Crippen LogP contribution in [0.4, 0.5) is 33.8 Å². The number of hydrogen-bond acceptors (Lipinski definition) is 9. The van der Waals surface area contributed by atoms with Gasteiger partial charge in [0.25, 0.3) is 5.91 Å². The fraction of sp³-hybridized carbons (Fsp3) is 0.375. The minimum Gasteiger partial charge on any atom is -0.492 e. The maximum atomic E-state index is 12.9. The molecule has 0 bridgehead atoms. The number of ether oxygens (including phenoxy) is 1. The largest absolute Gasteiger partial charge is 0.492 e. The molecule has 10 heteroatoms. The second kappa shape index (κ2) is 9.11. The Morgan fingerprint density at radius 1 is 1.21 bits per heavy atom. The molecule has 1 saturated heterocycles. The summed E-state index contributed by atoms with van der Waals surface area (Å²) in [6, 6.07) is 7.87. The molecule has 0 radical (unpaired) electrons. The molecule has 2 aliphatic heterocycles. The molecule has 2 aliphatic rings. The van der Waals surface area contributed by atoms with E-state index in [1.807, 2.05) is 48.5 Å². The van der Waals surface area contributed by atoms with Crippen molar-refractivity contribution in [2.24, 2.45) is 0 Å². The van der Waals surface area contributed by atoms with Gasteiger partial charge in [0, 0.05) is 38.9 Å². The quantitative estimate of drug-likeness (QED) is 0.566. The molecule has 5 rings (SSSR count). The Kier molecular flexibility index (Phi) is 6.01. The average Bonchev–Trinajstić information content (AvgIpc) is 3.32. The number of aliphatic hydroxyl groups excluding tert-OH is 1. The molecule has 4 heterocycles. The fourth-order valence-corrected chi connectivity index (χ4v) is 5.21. The summed E-state index contributed by atoms with van der Waals surface area (Å²) in [5.41, 5.74) is 3.13. The van der Waals surface area contributed by atoms with Crippen LogP contribution in [0.3, 0.4) is 0 Å². The number of thiophene rings is 1. The van der Waals surface area contributed by atoms with Crippen molar-refractivity contribution < 1.29 is 14.6 Å². The van der Waals surface area contributed by atoms with Gasteiger partial charge < -0.3 is 29.9 Å². The Labute approximate surface area is 202 Å². The number of rotatable bonds is 5. The second-order valence-electron chi connectivity index (χ2n) is 8.42. The van der Waals surface area contributed by atoms with E-state index >= 15 is 0 Å². The zero-order valence-electron chi connectivity index (χ0n) is 19.5. The number of benzene rings is 1. The highest BCUT2D eigenvalue weighted by Crippen LogP contribution is 2.41. The number of carbonyl (C=O) groups excluding carboxylic acids is 1. The summed E-state index contributed by atoms with van der Waals surface area (Å²) >= 11 is 1.51. The summed E-state index contributed by atoms with van der Waals surface area (Å²) in [6.45, 7) is 4.11. The Morgan fingerprint density at radius 2 is 2.00 bits per heavy atom. The lowest BCUT2D eigenvalue weighted by Crippen LogP contribution is -2.35. The third-order valence-corrected chi connectivity index (χ3v) is 7.24. The summed E-state index contributed by atoms with van der Waals surface area (Å²) < 4.78 is 5.93. The molecule has 0 atom stereocenters. The molecule has 1 amide bonds. The predicted molar refractivity (Wildman–Crippen MR) is 135 cm³/mol. The van der Waals surface area contributed by atoms with Gasteiger partial charge in [-0.3, -0.25) is 4.79 Å². The number of nitrogens with zero attached hydrogens (tertiary/aromatic N) is 5. The van der Waals surface area contributed by atoms with E-state index in [-0.39, 0.29) is 12.0 Å². The monoisotopic (exact) mass is 480 g/mol. The van der Waals surface area contributed by atoms with Crippen molar-refractivity contribution in [3.63, 3.8) is 0 Å². The molecule has 1 fully saturated rings. The van der Waals surface area contributed by atoms with E-state index in [9.17, 15) is 9.90 Å². The summed E-state index contributed by atoms with van der Waals surface area (Å²) in [6.07, 6.45) is 2.99. The highest BCUT2D eigenvalue weighted by molar-refractivity contribution is 7.14. The second-order valence-corrected chi connectivity index (χ2v) is 9.32. The number of piperidine rings is 1. The van der Waals surface area contributed by atoms with Crippen LogP contribution in [0.2, 0.25) is 0 Å². The smallest absolute Gasteiger partial charge is 0.261 e. The van der Waals surface area contributed by atoms with Crippen LogP contribution in [0.25, 0.3) is 0 Å². The van der Waals surface area contributed by atoms with Crippen molar-refractivity contribution in [3.05, 3.63) is 41.4 Å². The van der Waals surface area contributed by atoms with E-state index in [2.05, 4.69) is 15.2 Å². The number of nitrogens with one attached hydrogen (secondary N) is 1.